The zero-order chi connectivity index (χ0) is 26.9. The fourth-order valence-corrected chi connectivity index (χ4v) is 5.53. The molecule has 0 aliphatic heterocycles. The quantitative estimate of drug-likeness (QED) is 0.0690. The molecule has 0 spiro atoms. The second-order valence-corrected chi connectivity index (χ2v) is 12.1. The van der Waals surface area contributed by atoms with Gasteiger partial charge >= 0.3 is 0 Å². The van der Waals surface area contributed by atoms with Crippen LogP contribution in [0.15, 0.2) is 12.2 Å². The number of rotatable bonds is 32. The van der Waals surface area contributed by atoms with Crippen LogP contribution in [0.4, 0.5) is 0 Å². The summed E-state index contributed by atoms with van der Waals surface area (Å²) >= 11 is 0. The lowest BCUT2D eigenvalue weighted by molar-refractivity contribution is 0.207. The van der Waals surface area contributed by atoms with Gasteiger partial charge in [0.05, 0.1) is 6.10 Å². The minimum Gasteiger partial charge on any atom is -0.389 e. The van der Waals surface area contributed by atoms with E-state index in [2.05, 4.69) is 26.0 Å². The number of hydrogen-bond acceptors (Lipinski definition) is 1. The van der Waals surface area contributed by atoms with Crippen LogP contribution in [0.5, 0.6) is 0 Å². The monoisotopic (exact) mass is 521 g/mol. The molecule has 0 aliphatic carbocycles. The molecule has 222 valence electrons. The van der Waals surface area contributed by atoms with Gasteiger partial charge in [-0.2, -0.15) is 0 Å². The molecule has 0 rings (SSSR count). The van der Waals surface area contributed by atoms with E-state index in [-0.39, 0.29) is 6.10 Å². The summed E-state index contributed by atoms with van der Waals surface area (Å²) in [6, 6.07) is 0. The molecule has 0 aliphatic rings. The molecule has 37 heavy (non-hydrogen) atoms. The molecule has 0 radical (unpaired) electrons. The summed E-state index contributed by atoms with van der Waals surface area (Å²) in [5, 5.41) is 10.2. The van der Waals surface area contributed by atoms with Gasteiger partial charge in [-0.15, -0.1) is 0 Å². The Labute approximate surface area is 236 Å². The second-order valence-electron chi connectivity index (χ2n) is 12.1. The van der Waals surface area contributed by atoms with Crippen LogP contribution >= 0.6 is 0 Å². The Morgan fingerprint density at radius 3 is 0.973 bits per heavy atom. The van der Waals surface area contributed by atoms with Gasteiger partial charge < -0.3 is 5.11 Å². The highest BCUT2D eigenvalue weighted by Gasteiger charge is 2.00. The lowest BCUT2D eigenvalue weighted by Gasteiger charge is -2.06. The average molecular weight is 521 g/mol. The first-order valence-electron chi connectivity index (χ1n) is 17.7. The molecule has 1 heteroatoms. The predicted molar refractivity (Wildman–Crippen MR) is 170 cm³/mol. The van der Waals surface area contributed by atoms with Gasteiger partial charge in [0.1, 0.15) is 0 Å². The first-order chi connectivity index (χ1) is 18.3. The molecule has 1 nitrogen and oxygen atoms in total. The fourth-order valence-electron chi connectivity index (χ4n) is 5.53. The van der Waals surface area contributed by atoms with E-state index in [1.54, 1.807) is 0 Å². The van der Waals surface area contributed by atoms with Gasteiger partial charge in [0.25, 0.3) is 0 Å². The highest BCUT2D eigenvalue weighted by Crippen LogP contribution is 2.16. The number of hydrogen-bond donors (Lipinski definition) is 1. The predicted octanol–water partition coefficient (Wildman–Crippen LogP) is 13.0. The molecule has 0 bridgehead atoms. The Bertz CT molecular complexity index is 415. The summed E-state index contributed by atoms with van der Waals surface area (Å²) in [5.41, 5.74) is 0. The minimum atomic E-state index is -0.214. The second kappa shape index (κ2) is 33.7. The number of unbranched alkanes of at least 4 members (excludes halogenated alkanes) is 28. The maximum absolute atomic E-state index is 10.2. The van der Waals surface area contributed by atoms with Gasteiger partial charge in [-0.3, -0.25) is 0 Å². The third kappa shape index (κ3) is 33.7. The van der Waals surface area contributed by atoms with E-state index in [1.165, 1.54) is 186 Å². The van der Waals surface area contributed by atoms with Crippen molar-refractivity contribution >= 4 is 0 Å². The molecular weight excluding hydrogens is 448 g/mol. The Hall–Kier alpha value is -0.300. The number of allylic oxidation sites excluding steroid dienone is 1. The largest absolute Gasteiger partial charge is 0.389 e. The molecular formula is C36H72O. The summed E-state index contributed by atoms with van der Waals surface area (Å²) in [6.45, 7) is 4.59. The van der Waals surface area contributed by atoms with Gasteiger partial charge in [0.15, 0.2) is 0 Å². The van der Waals surface area contributed by atoms with E-state index in [4.69, 9.17) is 0 Å². The third-order valence-corrected chi connectivity index (χ3v) is 8.19. The van der Waals surface area contributed by atoms with E-state index >= 15 is 0 Å². The van der Waals surface area contributed by atoms with Crippen LogP contribution in [-0.2, 0) is 0 Å². The first kappa shape index (κ1) is 36.7. The Balaban J connectivity index is 3.19. The summed E-state index contributed by atoms with van der Waals surface area (Å²) in [6.07, 6.45) is 47.1. The molecule has 0 saturated carbocycles. The van der Waals surface area contributed by atoms with Crippen molar-refractivity contribution in [2.75, 3.05) is 0 Å². The van der Waals surface area contributed by atoms with Crippen LogP contribution in [0.2, 0.25) is 0 Å². The third-order valence-electron chi connectivity index (χ3n) is 8.19. The fraction of sp³-hybridized carbons (Fsp3) is 0.944. The summed E-state index contributed by atoms with van der Waals surface area (Å²) in [4.78, 5) is 0. The lowest BCUT2D eigenvalue weighted by atomic mass is 10.0. The molecule has 0 saturated heterocycles. The smallest absolute Gasteiger partial charge is 0.0720 e. The molecule has 1 unspecified atom stereocenters. The zero-order valence-electron chi connectivity index (χ0n) is 26.1. The summed E-state index contributed by atoms with van der Waals surface area (Å²) in [7, 11) is 0. The molecule has 0 fully saturated rings. The van der Waals surface area contributed by atoms with Crippen molar-refractivity contribution in [1.29, 1.82) is 0 Å². The van der Waals surface area contributed by atoms with Crippen molar-refractivity contribution in [3.05, 3.63) is 12.2 Å². The first-order valence-corrected chi connectivity index (χ1v) is 17.7. The van der Waals surface area contributed by atoms with Crippen LogP contribution in [0.1, 0.15) is 213 Å². The maximum atomic E-state index is 10.2. The summed E-state index contributed by atoms with van der Waals surface area (Å²) < 4.78 is 0. The lowest BCUT2D eigenvalue weighted by Crippen LogP contribution is -2.01. The van der Waals surface area contributed by atoms with Gasteiger partial charge in [-0.25, -0.2) is 0 Å². The summed E-state index contributed by atoms with van der Waals surface area (Å²) in [5.74, 6) is 0. The normalized spacial score (nSPS) is 12.6. The number of aliphatic hydroxyl groups is 1. The van der Waals surface area contributed by atoms with Crippen LogP contribution in [0, 0.1) is 0 Å². The standard InChI is InChI=1S/C36H72O/c1-3-5-7-9-11-13-15-17-18-19-20-21-22-23-25-27-29-31-33-35-36(37)34-32-30-28-26-24-16-14-12-10-8-6-4-2/h32,34,36-37H,3-31,33,35H2,1-2H3. The van der Waals surface area contributed by atoms with Crippen LogP contribution in [0.3, 0.4) is 0 Å². The average Bonchev–Trinajstić information content (AvgIpc) is 2.90. The van der Waals surface area contributed by atoms with Crippen molar-refractivity contribution in [3.63, 3.8) is 0 Å². The Kier molecular flexibility index (Phi) is 33.5. The SMILES string of the molecule is CCCCCCCCCCCCC=CC(O)CCCCCCCCCCCCCCCCCCCCC. The highest BCUT2D eigenvalue weighted by molar-refractivity contribution is 4.88. The molecule has 1 N–H and O–H groups in total. The Morgan fingerprint density at radius 1 is 0.378 bits per heavy atom. The van der Waals surface area contributed by atoms with Gasteiger partial charge in [0, 0.05) is 0 Å². The molecule has 0 aromatic carbocycles. The van der Waals surface area contributed by atoms with Gasteiger partial charge in [-0.05, 0) is 19.3 Å². The van der Waals surface area contributed by atoms with E-state index in [0.29, 0.717) is 0 Å². The Morgan fingerprint density at radius 2 is 0.649 bits per heavy atom. The molecule has 1 atom stereocenters. The van der Waals surface area contributed by atoms with Crippen molar-refractivity contribution in [3.8, 4) is 0 Å². The van der Waals surface area contributed by atoms with Crippen molar-refractivity contribution in [2.45, 2.75) is 219 Å². The maximum Gasteiger partial charge on any atom is 0.0720 e. The van der Waals surface area contributed by atoms with Crippen LogP contribution in [-0.4, -0.2) is 11.2 Å². The molecule has 0 amide bonds. The topological polar surface area (TPSA) is 20.2 Å². The molecule has 0 aromatic rings. The van der Waals surface area contributed by atoms with Crippen molar-refractivity contribution in [1.82, 2.24) is 0 Å². The van der Waals surface area contributed by atoms with E-state index in [9.17, 15) is 5.11 Å². The number of aliphatic hydroxyl groups excluding tert-OH is 1. The van der Waals surface area contributed by atoms with Crippen molar-refractivity contribution < 1.29 is 5.11 Å². The van der Waals surface area contributed by atoms with Crippen LogP contribution in [0.25, 0.3) is 0 Å². The van der Waals surface area contributed by atoms with E-state index < -0.39 is 0 Å². The molecule has 0 aromatic heterocycles. The van der Waals surface area contributed by atoms with E-state index in [1.807, 2.05) is 0 Å². The van der Waals surface area contributed by atoms with Crippen molar-refractivity contribution in [2.24, 2.45) is 0 Å². The van der Waals surface area contributed by atoms with E-state index in [0.717, 1.165) is 12.8 Å². The van der Waals surface area contributed by atoms with Crippen LogP contribution < -0.4 is 0 Å². The zero-order valence-corrected chi connectivity index (χ0v) is 26.1. The highest BCUT2D eigenvalue weighted by atomic mass is 16.3. The van der Waals surface area contributed by atoms with Gasteiger partial charge in [-0.1, -0.05) is 206 Å². The van der Waals surface area contributed by atoms with Gasteiger partial charge in [0.2, 0.25) is 0 Å². The molecule has 0 heterocycles. The minimum absolute atomic E-state index is 0.214.